The van der Waals surface area contributed by atoms with Gasteiger partial charge in [0.2, 0.25) is 0 Å². The molecule has 10 heteroatoms. The van der Waals surface area contributed by atoms with Crippen LogP contribution >= 0.6 is 0 Å². The minimum atomic E-state index is -4.64. The van der Waals surface area contributed by atoms with E-state index in [0.717, 1.165) is 47.9 Å². The van der Waals surface area contributed by atoms with E-state index in [1.54, 1.807) is 24.3 Å². The summed E-state index contributed by atoms with van der Waals surface area (Å²) in [7, 11) is 0. The van der Waals surface area contributed by atoms with Gasteiger partial charge < -0.3 is 9.47 Å². The number of carbonyl (C=O) groups excluding carboxylic acids is 2. The van der Waals surface area contributed by atoms with E-state index in [-0.39, 0.29) is 24.0 Å². The van der Waals surface area contributed by atoms with Gasteiger partial charge >= 0.3 is 24.3 Å². The smallest absolute Gasteiger partial charge is 0.425 e. The van der Waals surface area contributed by atoms with E-state index in [9.17, 15) is 35.9 Å². The molecular formula is C36H40F6O4. The molecule has 0 spiro atoms. The minimum Gasteiger partial charge on any atom is -0.449 e. The topological polar surface area (TPSA) is 52.6 Å². The van der Waals surface area contributed by atoms with E-state index in [0.29, 0.717) is 25.7 Å². The van der Waals surface area contributed by atoms with Crippen LogP contribution in [0, 0.1) is 0 Å². The molecule has 0 aromatic heterocycles. The Morgan fingerprint density at radius 3 is 1.04 bits per heavy atom. The highest BCUT2D eigenvalue weighted by molar-refractivity contribution is 5.91. The third kappa shape index (κ3) is 11.2. The summed E-state index contributed by atoms with van der Waals surface area (Å²) in [6, 6.07) is 19.4. The predicted octanol–water partition coefficient (Wildman–Crippen LogP) is 11.1. The summed E-state index contributed by atoms with van der Waals surface area (Å²) < 4.78 is 90.1. The van der Waals surface area contributed by atoms with Crippen LogP contribution in [-0.4, -0.2) is 36.5 Å². The highest BCUT2D eigenvalue weighted by Gasteiger charge is 2.43. The van der Waals surface area contributed by atoms with E-state index < -0.39 is 36.5 Å². The third-order valence-corrected chi connectivity index (χ3v) is 7.66. The number of hydrogen-bond donors (Lipinski definition) is 0. The normalized spacial score (nSPS) is 13.2. The molecule has 0 unspecified atom stereocenters. The molecule has 3 aromatic rings. The summed E-state index contributed by atoms with van der Waals surface area (Å²) in [5.74, 6) is -2.07. The van der Waals surface area contributed by atoms with Crippen molar-refractivity contribution in [3.63, 3.8) is 0 Å². The fourth-order valence-electron chi connectivity index (χ4n) is 4.94. The van der Waals surface area contributed by atoms with Crippen LogP contribution in [0.2, 0.25) is 0 Å². The maximum absolute atomic E-state index is 13.4. The first kappa shape index (κ1) is 36.6. The molecule has 0 fully saturated rings. The number of alkyl halides is 6. The van der Waals surface area contributed by atoms with E-state index in [4.69, 9.17) is 9.47 Å². The number of carbonyl (C=O) groups is 2. The van der Waals surface area contributed by atoms with Crippen molar-refractivity contribution in [1.29, 1.82) is 0 Å². The highest BCUT2D eigenvalue weighted by atomic mass is 19.4. The molecule has 4 nitrogen and oxygen atoms in total. The van der Waals surface area contributed by atoms with Crippen LogP contribution in [-0.2, 0) is 9.47 Å². The zero-order valence-corrected chi connectivity index (χ0v) is 26.1. The van der Waals surface area contributed by atoms with Crippen molar-refractivity contribution in [2.24, 2.45) is 0 Å². The molecule has 0 saturated carbocycles. The quantitative estimate of drug-likeness (QED) is 0.0879. The van der Waals surface area contributed by atoms with Crippen LogP contribution < -0.4 is 0 Å². The van der Waals surface area contributed by atoms with Crippen LogP contribution in [0.3, 0.4) is 0 Å². The van der Waals surface area contributed by atoms with Crippen molar-refractivity contribution in [1.82, 2.24) is 0 Å². The Bertz CT molecular complexity index is 1260. The number of benzene rings is 3. The second kappa shape index (κ2) is 17.2. The van der Waals surface area contributed by atoms with Crippen LogP contribution in [0.5, 0.6) is 0 Å². The monoisotopic (exact) mass is 650 g/mol. The van der Waals surface area contributed by atoms with Crippen molar-refractivity contribution in [2.45, 2.75) is 103 Å². The lowest BCUT2D eigenvalue weighted by atomic mass is 9.99. The molecule has 0 heterocycles. The zero-order chi connectivity index (χ0) is 33.7. The molecule has 250 valence electrons. The van der Waals surface area contributed by atoms with E-state index in [1.807, 2.05) is 38.1 Å². The lowest BCUT2D eigenvalue weighted by molar-refractivity contribution is -0.206. The predicted molar refractivity (Wildman–Crippen MR) is 165 cm³/mol. The van der Waals surface area contributed by atoms with E-state index in [2.05, 4.69) is 0 Å². The second-order valence-electron chi connectivity index (χ2n) is 11.3. The molecule has 0 saturated heterocycles. The van der Waals surface area contributed by atoms with Crippen molar-refractivity contribution in [3.05, 3.63) is 83.9 Å². The summed E-state index contributed by atoms with van der Waals surface area (Å²) in [6.45, 7) is 3.91. The first-order valence-electron chi connectivity index (χ1n) is 15.7. The molecule has 0 aliphatic rings. The number of ether oxygens (including phenoxy) is 2. The highest BCUT2D eigenvalue weighted by Crippen LogP contribution is 2.31. The van der Waals surface area contributed by atoms with Gasteiger partial charge in [0.15, 0.2) is 12.2 Å². The molecule has 3 aromatic carbocycles. The van der Waals surface area contributed by atoms with Crippen LogP contribution in [0.15, 0.2) is 72.8 Å². The first-order chi connectivity index (χ1) is 21.8. The Hall–Kier alpha value is -3.82. The van der Waals surface area contributed by atoms with Gasteiger partial charge in [0.05, 0.1) is 11.1 Å². The zero-order valence-electron chi connectivity index (χ0n) is 26.1. The molecule has 0 radical (unpaired) electrons. The summed E-state index contributed by atoms with van der Waals surface area (Å²) in [6.07, 6.45) is -8.82. The largest absolute Gasteiger partial charge is 0.449 e. The summed E-state index contributed by atoms with van der Waals surface area (Å²) >= 11 is 0. The van der Waals surface area contributed by atoms with Gasteiger partial charge in [-0.3, -0.25) is 0 Å². The Kier molecular flexibility index (Phi) is 13.7. The van der Waals surface area contributed by atoms with Crippen LogP contribution in [0.25, 0.3) is 22.3 Å². The average Bonchev–Trinajstić information content (AvgIpc) is 3.03. The molecule has 0 N–H and O–H groups in total. The first-order valence-corrected chi connectivity index (χ1v) is 15.7. The summed E-state index contributed by atoms with van der Waals surface area (Å²) in [4.78, 5) is 24.9. The van der Waals surface area contributed by atoms with Gasteiger partial charge in [-0.15, -0.1) is 0 Å². The van der Waals surface area contributed by atoms with E-state index in [1.165, 1.54) is 24.3 Å². The Morgan fingerprint density at radius 2 is 0.783 bits per heavy atom. The number of rotatable bonds is 16. The summed E-state index contributed by atoms with van der Waals surface area (Å²) in [5, 5.41) is 0. The van der Waals surface area contributed by atoms with Crippen LogP contribution in [0.4, 0.5) is 26.3 Å². The molecular weight excluding hydrogens is 610 g/mol. The van der Waals surface area contributed by atoms with Gasteiger partial charge in [0, 0.05) is 0 Å². The molecule has 0 aliphatic heterocycles. The number of halogens is 6. The molecule has 46 heavy (non-hydrogen) atoms. The van der Waals surface area contributed by atoms with Gasteiger partial charge in [0.25, 0.3) is 0 Å². The molecule has 0 aliphatic carbocycles. The van der Waals surface area contributed by atoms with Gasteiger partial charge in [-0.25, -0.2) is 9.59 Å². The SMILES string of the molecule is CCCCCC[C@H](OC(=O)c1ccc(-c2ccc(-c3ccc(C(=O)O[C@@H](CCCCCC)C(F)(F)F)cc3)cc2)cc1)C(F)(F)F. The van der Waals surface area contributed by atoms with Gasteiger partial charge in [-0.05, 0) is 72.2 Å². The third-order valence-electron chi connectivity index (χ3n) is 7.66. The summed E-state index contributed by atoms with van der Waals surface area (Å²) in [5.41, 5.74) is 3.04. The average molecular weight is 651 g/mol. The van der Waals surface area contributed by atoms with Crippen molar-refractivity contribution >= 4 is 11.9 Å². The lowest BCUT2D eigenvalue weighted by Gasteiger charge is -2.20. The maximum atomic E-state index is 13.4. The van der Waals surface area contributed by atoms with Crippen molar-refractivity contribution in [2.75, 3.05) is 0 Å². The van der Waals surface area contributed by atoms with Crippen molar-refractivity contribution in [3.8, 4) is 22.3 Å². The number of hydrogen-bond acceptors (Lipinski definition) is 4. The van der Waals surface area contributed by atoms with Crippen LogP contribution in [0.1, 0.15) is 98.8 Å². The van der Waals surface area contributed by atoms with Crippen molar-refractivity contribution < 1.29 is 45.4 Å². The Morgan fingerprint density at radius 1 is 0.500 bits per heavy atom. The Balaban J connectivity index is 1.61. The Labute approximate surface area is 266 Å². The molecule has 0 amide bonds. The molecule has 3 rings (SSSR count). The number of esters is 2. The molecule has 0 bridgehead atoms. The van der Waals surface area contributed by atoms with Gasteiger partial charge in [0.1, 0.15) is 0 Å². The lowest BCUT2D eigenvalue weighted by Crippen LogP contribution is -2.33. The fraction of sp³-hybridized carbons (Fsp3) is 0.444. The van der Waals surface area contributed by atoms with E-state index >= 15 is 0 Å². The van der Waals surface area contributed by atoms with Gasteiger partial charge in [-0.2, -0.15) is 26.3 Å². The maximum Gasteiger partial charge on any atom is 0.425 e. The van der Waals surface area contributed by atoms with Gasteiger partial charge in [-0.1, -0.05) is 101 Å². The fourth-order valence-corrected chi connectivity index (χ4v) is 4.94. The molecule has 2 atom stereocenters. The minimum absolute atomic E-state index is 0.0137. The standard InChI is InChI=1S/C36H40F6O4/c1-3-5-7-9-11-31(35(37,38)39)45-33(43)29-21-17-27(18-22-29)25-13-15-26(16-14-25)28-19-23-30(24-20-28)34(44)46-32(36(40,41)42)12-10-8-6-4-2/h13-24,31-32H,3-12H2,1-2H3/t31-,32-/m0/s1. The second-order valence-corrected chi connectivity index (χ2v) is 11.3. The number of unbranched alkanes of at least 4 members (excludes halogenated alkanes) is 6.